The summed E-state index contributed by atoms with van der Waals surface area (Å²) in [4.78, 5) is 51.9. The van der Waals surface area contributed by atoms with Crippen molar-refractivity contribution in [3.05, 3.63) is 33.9 Å². The molecule has 2 heterocycles. The van der Waals surface area contributed by atoms with Gasteiger partial charge in [0.25, 0.3) is 11.6 Å². The lowest BCUT2D eigenvalue weighted by Crippen LogP contribution is -2.45. The number of carbonyl (C=O) groups excluding carboxylic acids is 3. The molecule has 0 radical (unpaired) electrons. The zero-order valence-corrected chi connectivity index (χ0v) is 19.2. The maximum Gasteiger partial charge on any atom is 0.339 e. The van der Waals surface area contributed by atoms with Gasteiger partial charge in [-0.2, -0.15) is 0 Å². The molecule has 180 valence electrons. The number of carbonyl (C=O) groups is 3. The Bertz CT molecular complexity index is 890. The average molecular weight is 462 g/mol. The molecule has 10 heteroatoms. The van der Waals surface area contributed by atoms with Crippen molar-refractivity contribution in [2.24, 2.45) is 5.92 Å². The minimum Gasteiger partial charge on any atom is -0.466 e. The van der Waals surface area contributed by atoms with Crippen molar-refractivity contribution in [1.29, 1.82) is 0 Å². The van der Waals surface area contributed by atoms with E-state index in [1.807, 2.05) is 4.90 Å². The Morgan fingerprint density at radius 2 is 1.79 bits per heavy atom. The third-order valence-corrected chi connectivity index (χ3v) is 6.16. The predicted octanol–water partition coefficient (Wildman–Crippen LogP) is 2.93. The van der Waals surface area contributed by atoms with Crippen LogP contribution in [0.3, 0.4) is 0 Å². The summed E-state index contributed by atoms with van der Waals surface area (Å²) in [5, 5.41) is 11.6. The largest absolute Gasteiger partial charge is 0.466 e. The lowest BCUT2D eigenvalue weighted by Gasteiger charge is -2.32. The van der Waals surface area contributed by atoms with Crippen LogP contribution < -0.4 is 4.90 Å². The smallest absolute Gasteiger partial charge is 0.339 e. The molecule has 0 N–H and O–H groups in total. The number of piperidine rings is 2. The number of hydrogen-bond acceptors (Lipinski definition) is 8. The van der Waals surface area contributed by atoms with Crippen molar-refractivity contribution < 1.29 is 28.8 Å². The quantitative estimate of drug-likeness (QED) is 0.345. The number of hydrogen-bond donors (Lipinski definition) is 0. The maximum absolute atomic E-state index is 12.7. The van der Waals surface area contributed by atoms with E-state index in [-0.39, 0.29) is 29.0 Å². The van der Waals surface area contributed by atoms with E-state index in [4.69, 9.17) is 9.47 Å². The summed E-state index contributed by atoms with van der Waals surface area (Å²) in [6, 6.07) is 4.29. The van der Waals surface area contributed by atoms with Crippen molar-refractivity contribution in [2.45, 2.75) is 52.1 Å². The highest BCUT2D eigenvalue weighted by Crippen LogP contribution is 2.31. The number of amides is 1. The van der Waals surface area contributed by atoms with Crippen LogP contribution in [0.25, 0.3) is 0 Å². The third-order valence-electron chi connectivity index (χ3n) is 6.16. The molecule has 0 bridgehead atoms. The van der Waals surface area contributed by atoms with Crippen LogP contribution in [0.15, 0.2) is 18.2 Å². The van der Waals surface area contributed by atoms with Gasteiger partial charge >= 0.3 is 11.9 Å². The number of nitro groups is 1. The standard InChI is InChI=1S/C23H31N3O7/c1-3-32-22(28)17-9-13-25(14-10-17)21(27)16(2)33-23(29)18-7-8-19(20(15-18)26(30)31)24-11-5-4-6-12-24/h7-8,15-17H,3-6,9-14H2,1-2H3/t16-/m0/s1. The number of anilines is 1. The van der Waals surface area contributed by atoms with E-state index < -0.39 is 17.0 Å². The third kappa shape index (κ3) is 6.00. The number of nitro benzene ring substituents is 1. The number of benzene rings is 1. The summed E-state index contributed by atoms with van der Waals surface area (Å²) in [5.41, 5.74) is 0.374. The van der Waals surface area contributed by atoms with Gasteiger partial charge in [0.2, 0.25) is 0 Å². The lowest BCUT2D eigenvalue weighted by molar-refractivity contribution is -0.384. The monoisotopic (exact) mass is 461 g/mol. The van der Waals surface area contributed by atoms with Crippen molar-refractivity contribution in [3.8, 4) is 0 Å². The highest BCUT2D eigenvalue weighted by molar-refractivity contribution is 5.93. The second-order valence-electron chi connectivity index (χ2n) is 8.41. The first-order chi connectivity index (χ1) is 15.8. The van der Waals surface area contributed by atoms with Crippen LogP contribution in [0.5, 0.6) is 0 Å². The van der Waals surface area contributed by atoms with E-state index in [1.54, 1.807) is 17.9 Å². The van der Waals surface area contributed by atoms with Crippen molar-refractivity contribution >= 4 is 29.2 Å². The van der Waals surface area contributed by atoms with Gasteiger partial charge in [0.05, 0.1) is 23.0 Å². The van der Waals surface area contributed by atoms with E-state index in [1.165, 1.54) is 19.1 Å². The Hall–Kier alpha value is -3.17. The molecule has 3 rings (SSSR count). The first kappa shape index (κ1) is 24.5. The Morgan fingerprint density at radius 3 is 2.39 bits per heavy atom. The van der Waals surface area contributed by atoms with Gasteiger partial charge in [-0.25, -0.2) is 4.79 Å². The van der Waals surface area contributed by atoms with Gasteiger partial charge in [-0.15, -0.1) is 0 Å². The molecule has 2 aliphatic rings. The Labute approximate surface area is 193 Å². The average Bonchev–Trinajstić information content (AvgIpc) is 2.83. The molecule has 2 aliphatic heterocycles. The highest BCUT2D eigenvalue weighted by Gasteiger charge is 2.32. The number of esters is 2. The number of nitrogens with zero attached hydrogens (tertiary/aromatic N) is 3. The van der Waals surface area contributed by atoms with E-state index in [0.29, 0.717) is 38.2 Å². The van der Waals surface area contributed by atoms with Crippen molar-refractivity contribution in [3.63, 3.8) is 0 Å². The normalized spacial score (nSPS) is 17.9. The fraction of sp³-hybridized carbons (Fsp3) is 0.609. The van der Waals surface area contributed by atoms with Gasteiger partial charge in [-0.1, -0.05) is 0 Å². The SMILES string of the molecule is CCOC(=O)C1CCN(C(=O)[C@H](C)OC(=O)c2ccc(N3CCCCC3)c([N+](=O)[O-])c2)CC1. The predicted molar refractivity (Wildman–Crippen MR) is 120 cm³/mol. The minimum absolute atomic E-state index is 0.0307. The number of ether oxygens (including phenoxy) is 2. The molecule has 10 nitrogen and oxygen atoms in total. The molecular weight excluding hydrogens is 430 g/mol. The molecule has 0 aliphatic carbocycles. The van der Waals surface area contributed by atoms with Gasteiger partial charge in [0.1, 0.15) is 5.69 Å². The van der Waals surface area contributed by atoms with Crippen LogP contribution >= 0.6 is 0 Å². The topological polar surface area (TPSA) is 119 Å². The van der Waals surface area contributed by atoms with E-state index >= 15 is 0 Å². The van der Waals surface area contributed by atoms with Gasteiger partial charge in [0.15, 0.2) is 6.10 Å². The summed E-state index contributed by atoms with van der Waals surface area (Å²) in [7, 11) is 0. The molecule has 0 unspecified atom stereocenters. The molecule has 1 aromatic carbocycles. The molecule has 0 spiro atoms. The number of rotatable bonds is 7. The minimum atomic E-state index is -1.04. The van der Waals surface area contributed by atoms with E-state index in [0.717, 1.165) is 32.4 Å². The summed E-state index contributed by atoms with van der Waals surface area (Å²) >= 11 is 0. The molecule has 0 saturated carbocycles. The maximum atomic E-state index is 12.7. The molecule has 33 heavy (non-hydrogen) atoms. The van der Waals surface area contributed by atoms with Crippen molar-refractivity contribution in [1.82, 2.24) is 4.90 Å². The fourth-order valence-corrected chi connectivity index (χ4v) is 4.33. The first-order valence-corrected chi connectivity index (χ1v) is 11.5. The molecule has 1 aromatic rings. The van der Waals surface area contributed by atoms with Crippen LogP contribution in [-0.2, 0) is 19.1 Å². The van der Waals surface area contributed by atoms with Crippen LogP contribution in [-0.4, -0.2) is 66.6 Å². The zero-order chi connectivity index (χ0) is 24.0. The first-order valence-electron chi connectivity index (χ1n) is 11.5. The van der Waals surface area contributed by atoms with E-state index in [2.05, 4.69) is 0 Å². The summed E-state index contributed by atoms with van der Waals surface area (Å²) in [6.07, 6.45) is 2.98. The zero-order valence-electron chi connectivity index (χ0n) is 19.2. The summed E-state index contributed by atoms with van der Waals surface area (Å²) in [5.74, 6) is -1.62. The molecule has 0 aromatic heterocycles. The van der Waals surface area contributed by atoms with E-state index in [9.17, 15) is 24.5 Å². The van der Waals surface area contributed by atoms with Gasteiger partial charge < -0.3 is 19.3 Å². The molecule has 2 fully saturated rings. The Morgan fingerprint density at radius 1 is 1.12 bits per heavy atom. The van der Waals surface area contributed by atoms with Crippen LogP contribution in [0, 0.1) is 16.0 Å². The lowest BCUT2D eigenvalue weighted by atomic mass is 9.97. The summed E-state index contributed by atoms with van der Waals surface area (Å²) in [6.45, 7) is 5.78. The second-order valence-corrected chi connectivity index (χ2v) is 8.41. The molecule has 1 atom stereocenters. The van der Waals surface area contributed by atoms with Gasteiger partial charge in [0, 0.05) is 32.2 Å². The Kier molecular flexibility index (Phi) is 8.24. The van der Waals surface area contributed by atoms with Crippen LogP contribution in [0.1, 0.15) is 56.3 Å². The molecular formula is C23H31N3O7. The van der Waals surface area contributed by atoms with Gasteiger partial charge in [-0.3, -0.25) is 19.7 Å². The van der Waals surface area contributed by atoms with Crippen LogP contribution in [0.2, 0.25) is 0 Å². The van der Waals surface area contributed by atoms with Crippen molar-refractivity contribution in [2.75, 3.05) is 37.7 Å². The molecule has 2 saturated heterocycles. The second kappa shape index (κ2) is 11.1. The summed E-state index contributed by atoms with van der Waals surface area (Å²) < 4.78 is 10.4. The highest BCUT2D eigenvalue weighted by atomic mass is 16.6. The number of likely N-dealkylation sites (tertiary alicyclic amines) is 1. The Balaban J connectivity index is 1.61. The fourth-order valence-electron chi connectivity index (χ4n) is 4.33. The molecule has 1 amide bonds. The van der Waals surface area contributed by atoms with Crippen LogP contribution in [0.4, 0.5) is 11.4 Å². The van der Waals surface area contributed by atoms with Gasteiger partial charge in [-0.05, 0) is 58.1 Å².